The first-order valence-electron chi connectivity index (χ1n) is 17.7. The number of aliphatic imine (C=N–C) groups is 2. The van der Waals surface area contributed by atoms with Gasteiger partial charge in [0.1, 0.15) is 5.75 Å². The Kier molecular flexibility index (Phi) is 9.24. The van der Waals surface area contributed by atoms with Crippen LogP contribution in [0.5, 0.6) is 28.7 Å². The SMILES string of the molecule is COc1ccc(C2=CN3C(=O)c4cc(OC)c(OCCCOc5cc6c(cc5OC)C(=O)N5C=C(c7cccc(N)c7)CC5C=N6)cc4N=C[C@@H]3C2)cc1. The summed E-state index contributed by atoms with van der Waals surface area (Å²) in [5.74, 6) is 2.26. The molecule has 2 atom stereocenters. The molecule has 4 aliphatic heterocycles. The van der Waals surface area contributed by atoms with Crippen LogP contribution in [0.15, 0.2) is 95.2 Å². The van der Waals surface area contributed by atoms with Crippen LogP contribution < -0.4 is 29.4 Å². The van der Waals surface area contributed by atoms with E-state index in [1.807, 2.05) is 67.1 Å². The smallest absolute Gasteiger partial charge is 0.260 e. The second-order valence-electron chi connectivity index (χ2n) is 13.3. The fourth-order valence-corrected chi connectivity index (χ4v) is 7.11. The average Bonchev–Trinajstić information content (AvgIpc) is 3.78. The van der Waals surface area contributed by atoms with Crippen LogP contribution in [0.1, 0.15) is 51.1 Å². The predicted molar refractivity (Wildman–Crippen MR) is 207 cm³/mol. The number of hydrogen-bond acceptors (Lipinski definition) is 10. The van der Waals surface area contributed by atoms with Gasteiger partial charge < -0.3 is 39.2 Å². The minimum Gasteiger partial charge on any atom is -0.497 e. The molecule has 0 fully saturated rings. The minimum atomic E-state index is -0.213. The zero-order chi connectivity index (χ0) is 37.3. The minimum absolute atomic E-state index is 0.158. The molecule has 0 bridgehead atoms. The average molecular weight is 726 g/mol. The van der Waals surface area contributed by atoms with Crippen molar-refractivity contribution >= 4 is 52.5 Å². The first-order chi connectivity index (χ1) is 26.3. The maximum atomic E-state index is 13.7. The molecule has 4 aliphatic rings. The lowest BCUT2D eigenvalue weighted by atomic mass is 10.0. The highest BCUT2D eigenvalue weighted by Gasteiger charge is 2.35. The van der Waals surface area contributed by atoms with Crippen LogP contribution in [-0.4, -0.2) is 80.7 Å². The van der Waals surface area contributed by atoms with E-state index in [0.29, 0.717) is 83.7 Å². The summed E-state index contributed by atoms with van der Waals surface area (Å²) >= 11 is 0. The second kappa shape index (κ2) is 14.5. The molecule has 0 saturated heterocycles. The number of hydrogen-bond donors (Lipinski definition) is 1. The van der Waals surface area contributed by atoms with Crippen molar-refractivity contribution in [3.8, 4) is 28.7 Å². The van der Waals surface area contributed by atoms with Crippen LogP contribution in [-0.2, 0) is 0 Å². The van der Waals surface area contributed by atoms with Crippen LogP contribution in [0.25, 0.3) is 11.1 Å². The molecule has 8 rings (SSSR count). The van der Waals surface area contributed by atoms with Crippen molar-refractivity contribution in [2.45, 2.75) is 31.3 Å². The van der Waals surface area contributed by atoms with Crippen molar-refractivity contribution in [2.24, 2.45) is 9.98 Å². The molecule has 274 valence electrons. The van der Waals surface area contributed by atoms with E-state index >= 15 is 0 Å². The van der Waals surface area contributed by atoms with E-state index in [4.69, 9.17) is 34.4 Å². The molecule has 2 N–H and O–H groups in total. The molecule has 0 spiro atoms. The monoisotopic (exact) mass is 725 g/mol. The largest absolute Gasteiger partial charge is 0.497 e. The highest BCUT2D eigenvalue weighted by atomic mass is 16.5. The Labute approximate surface area is 312 Å². The van der Waals surface area contributed by atoms with Crippen molar-refractivity contribution < 1.29 is 33.3 Å². The highest BCUT2D eigenvalue weighted by molar-refractivity contribution is 6.06. The lowest BCUT2D eigenvalue weighted by molar-refractivity contribution is 0.0809. The van der Waals surface area contributed by atoms with E-state index in [-0.39, 0.29) is 23.9 Å². The predicted octanol–water partition coefficient (Wildman–Crippen LogP) is 7.09. The summed E-state index contributed by atoms with van der Waals surface area (Å²) in [6, 6.07) is 21.9. The van der Waals surface area contributed by atoms with E-state index in [1.165, 1.54) is 7.11 Å². The Balaban J connectivity index is 0.911. The summed E-state index contributed by atoms with van der Waals surface area (Å²) in [4.78, 5) is 40.3. The van der Waals surface area contributed by atoms with Gasteiger partial charge >= 0.3 is 0 Å². The maximum Gasteiger partial charge on any atom is 0.260 e. The quantitative estimate of drug-likeness (QED) is 0.128. The van der Waals surface area contributed by atoms with Crippen molar-refractivity contribution in [3.63, 3.8) is 0 Å². The molecule has 2 amide bonds. The molecule has 0 aromatic heterocycles. The number of fused-ring (bicyclic) bond motifs is 4. The van der Waals surface area contributed by atoms with Gasteiger partial charge in [0.25, 0.3) is 11.8 Å². The van der Waals surface area contributed by atoms with Gasteiger partial charge in [-0.15, -0.1) is 0 Å². The molecule has 12 heteroatoms. The molecular formula is C42H39N5O7. The molecule has 0 radical (unpaired) electrons. The normalized spacial score (nSPS) is 18.1. The Morgan fingerprint density at radius 2 is 1.19 bits per heavy atom. The Hall–Kier alpha value is -6.56. The fourth-order valence-electron chi connectivity index (χ4n) is 7.11. The molecule has 4 heterocycles. The Morgan fingerprint density at radius 3 is 1.69 bits per heavy atom. The third-order valence-electron chi connectivity index (χ3n) is 9.95. The van der Waals surface area contributed by atoms with Gasteiger partial charge in [0.15, 0.2) is 23.0 Å². The van der Waals surface area contributed by atoms with Gasteiger partial charge in [-0.25, -0.2) is 0 Å². The molecule has 0 aliphatic carbocycles. The maximum absolute atomic E-state index is 13.7. The standard InChI is InChI=1S/C42H39N5O7/c1-50-32-10-8-25(9-11-32)27-15-30-21-44-35-19-39(37(51-2)17-33(35)41(48)46(30)23-27)53-12-5-13-54-40-20-36-34(18-38(40)52-3)42(49)47-24-28(16-31(47)22-45-36)26-6-4-7-29(43)14-26/h4,6-11,14,17-24,30-31H,5,12-13,15-16,43H2,1-3H3/t30-,31?/m0/s1. The number of anilines is 1. The van der Waals surface area contributed by atoms with Gasteiger partial charge in [0.2, 0.25) is 0 Å². The number of rotatable bonds is 11. The van der Waals surface area contributed by atoms with E-state index in [9.17, 15) is 9.59 Å². The fraction of sp³-hybridized carbons (Fsp3) is 0.238. The number of nitrogens with two attached hydrogens (primary N) is 1. The first-order valence-corrected chi connectivity index (χ1v) is 17.7. The number of amides is 2. The van der Waals surface area contributed by atoms with Crippen molar-refractivity contribution in [3.05, 3.63) is 107 Å². The van der Waals surface area contributed by atoms with Gasteiger partial charge in [0.05, 0.1) is 69.1 Å². The number of carbonyl (C=O) groups is 2. The number of methoxy groups -OCH3 is 3. The van der Waals surface area contributed by atoms with Gasteiger partial charge in [-0.2, -0.15) is 0 Å². The molecule has 0 saturated carbocycles. The Bertz CT molecular complexity index is 2260. The van der Waals surface area contributed by atoms with Crippen molar-refractivity contribution in [1.29, 1.82) is 0 Å². The summed E-state index contributed by atoms with van der Waals surface area (Å²) in [5.41, 5.74) is 12.6. The van der Waals surface area contributed by atoms with Crippen molar-refractivity contribution in [2.75, 3.05) is 40.3 Å². The van der Waals surface area contributed by atoms with Gasteiger partial charge in [-0.3, -0.25) is 19.6 Å². The molecule has 4 aromatic carbocycles. The number of carbonyl (C=O) groups excluding carboxylic acids is 2. The second-order valence-corrected chi connectivity index (χ2v) is 13.3. The summed E-state index contributed by atoms with van der Waals surface area (Å²) in [5, 5.41) is 0. The van der Waals surface area contributed by atoms with Crippen molar-refractivity contribution in [1.82, 2.24) is 9.80 Å². The number of nitrogen functional groups attached to an aromatic ring is 1. The van der Waals surface area contributed by atoms with E-state index in [1.54, 1.807) is 54.5 Å². The third kappa shape index (κ3) is 6.51. The van der Waals surface area contributed by atoms with E-state index < -0.39 is 0 Å². The van der Waals surface area contributed by atoms with Gasteiger partial charge in [-0.1, -0.05) is 24.3 Å². The number of nitrogens with zero attached hydrogens (tertiary/aromatic N) is 4. The lowest BCUT2D eigenvalue weighted by Gasteiger charge is -2.19. The van der Waals surface area contributed by atoms with Crippen LogP contribution in [0.2, 0.25) is 0 Å². The van der Waals surface area contributed by atoms with E-state index in [2.05, 4.69) is 4.99 Å². The molecular weight excluding hydrogens is 686 g/mol. The van der Waals surface area contributed by atoms with Crippen LogP contribution in [0.3, 0.4) is 0 Å². The van der Waals surface area contributed by atoms with Gasteiger partial charge in [0, 0.05) is 61.9 Å². The lowest BCUT2D eigenvalue weighted by Crippen LogP contribution is -2.32. The third-order valence-corrected chi connectivity index (χ3v) is 9.95. The topological polar surface area (TPSA) is 138 Å². The summed E-state index contributed by atoms with van der Waals surface area (Å²) in [6.45, 7) is 0.606. The molecule has 54 heavy (non-hydrogen) atoms. The Morgan fingerprint density at radius 1 is 0.648 bits per heavy atom. The number of benzene rings is 4. The summed E-state index contributed by atoms with van der Waals surface area (Å²) < 4.78 is 28.8. The van der Waals surface area contributed by atoms with E-state index in [0.717, 1.165) is 28.0 Å². The highest BCUT2D eigenvalue weighted by Crippen LogP contribution is 2.42. The summed E-state index contributed by atoms with van der Waals surface area (Å²) in [6.07, 6.45) is 9.19. The van der Waals surface area contributed by atoms with Crippen LogP contribution in [0.4, 0.5) is 17.1 Å². The zero-order valence-electron chi connectivity index (χ0n) is 30.2. The first kappa shape index (κ1) is 34.5. The zero-order valence-corrected chi connectivity index (χ0v) is 30.2. The molecule has 12 nitrogen and oxygen atoms in total. The van der Waals surface area contributed by atoms with Gasteiger partial charge in [-0.05, 0) is 58.7 Å². The summed E-state index contributed by atoms with van der Waals surface area (Å²) in [7, 11) is 4.71. The van der Waals surface area contributed by atoms with Crippen LogP contribution in [0, 0.1) is 0 Å². The van der Waals surface area contributed by atoms with Crippen LogP contribution >= 0.6 is 0 Å². The molecule has 4 aromatic rings. The molecule has 1 unspecified atom stereocenters. The number of ether oxygens (including phenoxy) is 5.